The first-order valence-electron chi connectivity index (χ1n) is 13.9. The number of nitrogens with zero attached hydrogens (tertiary/aromatic N) is 4. The average Bonchev–Trinajstić information content (AvgIpc) is 3.01. The Kier molecular flexibility index (Phi) is 10.9. The van der Waals surface area contributed by atoms with E-state index in [0.29, 0.717) is 28.9 Å². The molecule has 2 aromatic heterocycles. The minimum atomic E-state index is -1.17. The van der Waals surface area contributed by atoms with Crippen LogP contribution in [0.4, 0.5) is 16.2 Å². The number of aromatic carboxylic acids is 1. The van der Waals surface area contributed by atoms with Crippen molar-refractivity contribution in [1.82, 2.24) is 25.0 Å². The molecule has 2 aromatic carbocycles. The molecule has 14 heteroatoms. The number of carbonyl (C=O) groups excluding carboxylic acids is 2. The maximum atomic E-state index is 13.0. The van der Waals surface area contributed by atoms with Crippen LogP contribution in [-0.2, 0) is 6.54 Å². The molecule has 0 spiro atoms. The zero-order valence-corrected chi connectivity index (χ0v) is 26.2. The van der Waals surface area contributed by atoms with Gasteiger partial charge in [0.1, 0.15) is 5.69 Å². The van der Waals surface area contributed by atoms with Gasteiger partial charge in [0.15, 0.2) is 0 Å². The van der Waals surface area contributed by atoms with Crippen LogP contribution in [0.2, 0.25) is 10.0 Å². The molecular weight excluding hydrogens is 621 g/mol. The smallest absolute Gasteiger partial charge is 0.335 e. The van der Waals surface area contributed by atoms with E-state index in [0.717, 1.165) is 13.0 Å². The molecule has 4 N–H and O–H groups in total. The number of aromatic nitrogens is 3. The maximum absolute atomic E-state index is 13.0. The molecule has 0 fully saturated rings. The molecule has 0 radical (unpaired) electrons. The highest BCUT2D eigenvalue weighted by Gasteiger charge is 2.17. The van der Waals surface area contributed by atoms with E-state index in [9.17, 15) is 24.3 Å². The lowest BCUT2D eigenvalue weighted by Crippen LogP contribution is -2.29. The molecule has 45 heavy (non-hydrogen) atoms. The van der Waals surface area contributed by atoms with Crippen molar-refractivity contribution in [2.45, 2.75) is 19.9 Å². The molecule has 2 heterocycles. The average molecular weight is 653 g/mol. The Morgan fingerprint density at radius 2 is 1.62 bits per heavy atom. The first kappa shape index (κ1) is 33.1. The van der Waals surface area contributed by atoms with Gasteiger partial charge >= 0.3 is 12.0 Å². The second kappa shape index (κ2) is 14.8. The number of benzene rings is 2. The number of amides is 3. The Morgan fingerprint density at radius 1 is 0.933 bits per heavy atom. The Hall–Kier alpha value is -4.78. The number of carboxylic acids is 1. The number of hydrogen-bond acceptors (Lipinski definition) is 7. The first-order chi connectivity index (χ1) is 21.5. The zero-order valence-electron chi connectivity index (χ0n) is 24.7. The summed E-state index contributed by atoms with van der Waals surface area (Å²) in [4.78, 5) is 56.5. The molecule has 4 rings (SSSR count). The van der Waals surface area contributed by atoms with Crippen molar-refractivity contribution in [3.63, 3.8) is 0 Å². The maximum Gasteiger partial charge on any atom is 0.335 e. The van der Waals surface area contributed by atoms with Gasteiger partial charge in [0.05, 0.1) is 27.0 Å². The number of aryl methyl sites for hydroxylation is 1. The number of halogens is 2. The molecule has 4 aromatic rings. The molecule has 0 aliphatic heterocycles. The van der Waals surface area contributed by atoms with Gasteiger partial charge in [0.25, 0.3) is 11.5 Å². The number of hydrogen-bond donors (Lipinski definition) is 4. The lowest BCUT2D eigenvalue weighted by atomic mass is 9.97. The van der Waals surface area contributed by atoms with E-state index >= 15 is 0 Å². The third-order valence-corrected chi connectivity index (χ3v) is 7.19. The van der Waals surface area contributed by atoms with Crippen LogP contribution in [0.15, 0.2) is 65.7 Å². The van der Waals surface area contributed by atoms with Crippen LogP contribution in [0, 0.1) is 0 Å². The van der Waals surface area contributed by atoms with Gasteiger partial charge in [-0.2, -0.15) is 5.10 Å². The molecule has 0 aliphatic carbocycles. The summed E-state index contributed by atoms with van der Waals surface area (Å²) >= 11 is 12.2. The van der Waals surface area contributed by atoms with Gasteiger partial charge in [0.2, 0.25) is 0 Å². The molecule has 3 amide bonds. The summed E-state index contributed by atoms with van der Waals surface area (Å²) < 4.78 is 1.20. The number of urea groups is 1. The van der Waals surface area contributed by atoms with E-state index in [4.69, 9.17) is 23.2 Å². The van der Waals surface area contributed by atoms with Crippen molar-refractivity contribution in [1.29, 1.82) is 0 Å². The molecule has 0 atom stereocenters. The second-order valence-corrected chi connectivity index (χ2v) is 11.0. The summed E-state index contributed by atoms with van der Waals surface area (Å²) in [6, 6.07) is 12.2. The number of rotatable bonds is 11. The summed E-state index contributed by atoms with van der Waals surface area (Å²) in [7, 11) is 3.88. The van der Waals surface area contributed by atoms with E-state index in [2.05, 4.69) is 26.0 Å². The van der Waals surface area contributed by atoms with Crippen LogP contribution in [0.5, 0.6) is 0 Å². The summed E-state index contributed by atoms with van der Waals surface area (Å²) in [6.07, 6.45) is 3.38. The third-order valence-electron chi connectivity index (χ3n) is 6.62. The molecule has 234 valence electrons. The highest BCUT2D eigenvalue weighted by Crippen LogP contribution is 2.30. The van der Waals surface area contributed by atoms with Gasteiger partial charge in [-0.1, -0.05) is 41.4 Å². The van der Waals surface area contributed by atoms with Crippen molar-refractivity contribution < 1.29 is 19.5 Å². The molecule has 12 nitrogen and oxygen atoms in total. The largest absolute Gasteiger partial charge is 0.478 e. The van der Waals surface area contributed by atoms with Gasteiger partial charge in [-0.25, -0.2) is 14.3 Å². The number of carbonyl (C=O) groups is 3. The lowest BCUT2D eigenvalue weighted by Gasteiger charge is -2.13. The van der Waals surface area contributed by atoms with Gasteiger partial charge in [-0.05, 0) is 75.4 Å². The molecular formula is C31H31Cl2N7O5. The Morgan fingerprint density at radius 3 is 2.29 bits per heavy atom. The fourth-order valence-electron chi connectivity index (χ4n) is 4.39. The van der Waals surface area contributed by atoms with Gasteiger partial charge < -0.3 is 26.0 Å². The monoisotopic (exact) mass is 651 g/mol. The Labute approximate surface area is 269 Å². The van der Waals surface area contributed by atoms with E-state index in [1.54, 1.807) is 37.3 Å². The van der Waals surface area contributed by atoms with Crippen molar-refractivity contribution in [2.75, 3.05) is 37.8 Å². The number of pyridine rings is 1. The van der Waals surface area contributed by atoms with Crippen molar-refractivity contribution in [2.24, 2.45) is 0 Å². The second-order valence-electron chi connectivity index (χ2n) is 10.2. The fourth-order valence-corrected chi connectivity index (χ4v) is 4.85. The summed E-state index contributed by atoms with van der Waals surface area (Å²) in [5, 5.41) is 22.3. The molecule has 0 saturated heterocycles. The number of anilines is 2. The standard InChI is InChI=1S/C31H31Cl2N7O5/c1-4-40-29(42)26(36-31(45)37-27-23(32)16-34-17-24(27)33)15-25(38-40)19-8-5-7-18(11-19)20-12-21(14-22(13-20)30(43)44)28(41)35-9-6-10-39(2)3/h5,7-8,11-17H,4,6,9-10H2,1-3H3,(H,35,41)(H,43,44)(H2,34,36,37,45). The van der Waals surface area contributed by atoms with Crippen molar-refractivity contribution in [3.8, 4) is 22.4 Å². The van der Waals surface area contributed by atoms with Crippen LogP contribution in [0.3, 0.4) is 0 Å². The summed E-state index contributed by atoms with van der Waals surface area (Å²) in [5.41, 5.74) is 1.78. The van der Waals surface area contributed by atoms with Gasteiger partial charge in [0, 0.05) is 36.6 Å². The summed E-state index contributed by atoms with van der Waals surface area (Å²) in [6.45, 7) is 3.19. The summed E-state index contributed by atoms with van der Waals surface area (Å²) in [5.74, 6) is -1.55. The SMILES string of the molecule is CCn1nc(-c2cccc(-c3cc(C(=O)O)cc(C(=O)NCCCN(C)C)c3)c2)cc(NC(=O)Nc2c(Cl)cncc2Cl)c1=O. The fraction of sp³-hybridized carbons (Fsp3) is 0.226. The lowest BCUT2D eigenvalue weighted by molar-refractivity contribution is 0.0697. The first-order valence-corrected chi connectivity index (χ1v) is 14.6. The van der Waals surface area contributed by atoms with E-state index < -0.39 is 17.6 Å². The van der Waals surface area contributed by atoms with E-state index in [1.165, 1.54) is 35.3 Å². The topological polar surface area (TPSA) is 159 Å². The van der Waals surface area contributed by atoms with Crippen LogP contribution in [0.1, 0.15) is 34.1 Å². The predicted octanol–water partition coefficient (Wildman–Crippen LogP) is 5.32. The van der Waals surface area contributed by atoms with Crippen LogP contribution < -0.4 is 21.5 Å². The van der Waals surface area contributed by atoms with Crippen molar-refractivity contribution >= 4 is 52.5 Å². The predicted molar refractivity (Wildman–Crippen MR) is 174 cm³/mol. The normalized spacial score (nSPS) is 10.9. The molecule has 0 bridgehead atoms. The Balaban J connectivity index is 1.65. The van der Waals surface area contributed by atoms with Crippen molar-refractivity contribution in [3.05, 3.63) is 92.5 Å². The highest BCUT2D eigenvalue weighted by molar-refractivity contribution is 6.39. The number of nitrogens with one attached hydrogen (secondary N) is 3. The van der Waals surface area contributed by atoms with Gasteiger partial charge in [-0.15, -0.1) is 0 Å². The zero-order chi connectivity index (χ0) is 32.7. The van der Waals surface area contributed by atoms with Gasteiger partial charge in [-0.3, -0.25) is 14.6 Å². The van der Waals surface area contributed by atoms with E-state index in [-0.39, 0.29) is 45.0 Å². The minimum absolute atomic E-state index is 0.0408. The Bertz CT molecular complexity index is 1790. The number of carboxylic acid groups (broad SMARTS) is 1. The molecule has 0 unspecified atom stereocenters. The molecule has 0 aliphatic rings. The quantitative estimate of drug-likeness (QED) is 0.159. The minimum Gasteiger partial charge on any atom is -0.478 e. The third kappa shape index (κ3) is 8.44. The van der Waals surface area contributed by atoms with Crippen LogP contribution >= 0.6 is 23.2 Å². The van der Waals surface area contributed by atoms with E-state index in [1.807, 2.05) is 19.0 Å². The van der Waals surface area contributed by atoms with Crippen LogP contribution in [0.25, 0.3) is 22.4 Å². The molecule has 0 saturated carbocycles. The van der Waals surface area contributed by atoms with Crippen LogP contribution in [-0.4, -0.2) is 69.9 Å². The highest BCUT2D eigenvalue weighted by atomic mass is 35.5.